The normalized spacial score (nSPS) is 17.8. The lowest BCUT2D eigenvalue weighted by atomic mass is 10.0. The standard InChI is InChI=1S/C16H20N2O5/c1-12(19)17-14(11-13-5-3-2-4-6-13)15(20)23-16(18-21)7-9-22-10-8-16/h2-6,14H,7-11H2,1H3,(H,17,19)/t14-/m0/s1. The molecule has 124 valence electrons. The van der Waals surface area contributed by atoms with Crippen molar-refractivity contribution in [2.75, 3.05) is 13.2 Å². The molecule has 1 heterocycles. The third-order valence-electron chi connectivity index (χ3n) is 3.68. The van der Waals surface area contributed by atoms with E-state index in [1.165, 1.54) is 6.92 Å². The van der Waals surface area contributed by atoms with Gasteiger partial charge in [0.05, 0.1) is 13.2 Å². The van der Waals surface area contributed by atoms with Crippen LogP contribution in [0.1, 0.15) is 25.3 Å². The third-order valence-corrected chi connectivity index (χ3v) is 3.68. The Bertz CT molecular complexity index is 555. The molecule has 0 bridgehead atoms. The van der Waals surface area contributed by atoms with Gasteiger partial charge in [0.15, 0.2) is 0 Å². The van der Waals surface area contributed by atoms with Crippen molar-refractivity contribution in [3.05, 3.63) is 40.8 Å². The van der Waals surface area contributed by atoms with Crippen molar-refractivity contribution in [2.45, 2.75) is 38.0 Å². The summed E-state index contributed by atoms with van der Waals surface area (Å²) in [7, 11) is 0. The van der Waals surface area contributed by atoms with Crippen LogP contribution < -0.4 is 5.32 Å². The maximum atomic E-state index is 12.4. The number of nitrogens with zero attached hydrogens (tertiary/aromatic N) is 1. The second-order valence-electron chi connectivity index (χ2n) is 5.51. The van der Waals surface area contributed by atoms with Gasteiger partial charge in [-0.2, -0.15) is 0 Å². The molecular formula is C16H20N2O5. The SMILES string of the molecule is CC(=O)N[C@@H](Cc1ccccc1)C(=O)OC1(N=O)CCOCC1. The summed E-state index contributed by atoms with van der Waals surface area (Å²) in [5, 5.41) is 5.57. The Hall–Kier alpha value is -2.28. The number of hydrogen-bond acceptors (Lipinski definition) is 6. The Morgan fingerprint density at radius 2 is 1.96 bits per heavy atom. The fourth-order valence-corrected chi connectivity index (χ4v) is 2.45. The fraction of sp³-hybridized carbons (Fsp3) is 0.500. The average Bonchev–Trinajstić information content (AvgIpc) is 2.55. The molecule has 1 fully saturated rings. The van der Waals surface area contributed by atoms with E-state index in [2.05, 4.69) is 10.5 Å². The molecule has 1 saturated heterocycles. The highest BCUT2D eigenvalue weighted by molar-refractivity contribution is 5.83. The van der Waals surface area contributed by atoms with Gasteiger partial charge >= 0.3 is 5.97 Å². The number of nitrogens with one attached hydrogen (secondary N) is 1. The molecule has 0 spiro atoms. The largest absolute Gasteiger partial charge is 0.432 e. The molecule has 7 nitrogen and oxygen atoms in total. The van der Waals surface area contributed by atoms with Gasteiger partial charge in [0.1, 0.15) is 6.04 Å². The number of benzene rings is 1. The summed E-state index contributed by atoms with van der Waals surface area (Å²) in [6, 6.07) is 8.39. The van der Waals surface area contributed by atoms with E-state index in [9.17, 15) is 14.5 Å². The zero-order valence-electron chi connectivity index (χ0n) is 13.0. The summed E-state index contributed by atoms with van der Waals surface area (Å²) in [6.45, 7) is 1.94. The van der Waals surface area contributed by atoms with Crippen LogP contribution >= 0.6 is 0 Å². The molecule has 1 aliphatic heterocycles. The van der Waals surface area contributed by atoms with Crippen LogP contribution in [-0.2, 0) is 25.5 Å². The minimum atomic E-state index is -1.40. The fourth-order valence-electron chi connectivity index (χ4n) is 2.45. The summed E-state index contributed by atoms with van der Waals surface area (Å²) in [5.41, 5.74) is -0.522. The number of rotatable bonds is 6. The molecule has 2 rings (SSSR count). The van der Waals surface area contributed by atoms with Crippen LogP contribution in [0.15, 0.2) is 35.5 Å². The summed E-state index contributed by atoms with van der Waals surface area (Å²) in [6.07, 6.45) is 0.728. The van der Waals surface area contributed by atoms with Crippen LogP contribution in [-0.4, -0.2) is 36.9 Å². The van der Waals surface area contributed by atoms with Gasteiger partial charge < -0.3 is 14.8 Å². The minimum absolute atomic E-state index is 0.223. The lowest BCUT2D eigenvalue weighted by Gasteiger charge is -2.31. The van der Waals surface area contributed by atoms with Crippen LogP contribution in [0.2, 0.25) is 0 Å². The quantitative estimate of drug-likeness (QED) is 0.634. The maximum Gasteiger partial charge on any atom is 0.331 e. The molecule has 0 unspecified atom stereocenters. The van der Waals surface area contributed by atoms with Crippen LogP contribution in [0.4, 0.5) is 0 Å². The molecule has 0 saturated carbocycles. The average molecular weight is 320 g/mol. The number of hydrogen-bond donors (Lipinski definition) is 1. The van der Waals surface area contributed by atoms with Gasteiger partial charge in [-0.3, -0.25) is 4.79 Å². The molecule has 23 heavy (non-hydrogen) atoms. The molecule has 1 atom stereocenters. The minimum Gasteiger partial charge on any atom is -0.432 e. The Morgan fingerprint density at radius 3 is 2.52 bits per heavy atom. The van der Waals surface area contributed by atoms with Gasteiger partial charge in [0, 0.05) is 26.2 Å². The van der Waals surface area contributed by atoms with E-state index in [1.807, 2.05) is 30.3 Å². The maximum absolute atomic E-state index is 12.4. The Morgan fingerprint density at radius 1 is 1.30 bits per heavy atom. The van der Waals surface area contributed by atoms with Crippen molar-refractivity contribution >= 4 is 11.9 Å². The monoisotopic (exact) mass is 320 g/mol. The van der Waals surface area contributed by atoms with Gasteiger partial charge in [0.2, 0.25) is 11.6 Å². The van der Waals surface area contributed by atoms with E-state index >= 15 is 0 Å². The molecule has 0 aliphatic carbocycles. The first-order valence-corrected chi connectivity index (χ1v) is 7.51. The van der Waals surface area contributed by atoms with Gasteiger partial charge in [-0.25, -0.2) is 4.79 Å². The molecular weight excluding hydrogens is 300 g/mol. The van der Waals surface area contributed by atoms with Gasteiger partial charge in [0.25, 0.3) is 0 Å². The first-order chi connectivity index (χ1) is 11.0. The van der Waals surface area contributed by atoms with Crippen molar-refractivity contribution in [2.24, 2.45) is 5.18 Å². The summed E-state index contributed by atoms with van der Waals surface area (Å²) >= 11 is 0. The number of amides is 1. The number of carbonyl (C=O) groups excluding carboxylic acids is 2. The van der Waals surface area contributed by atoms with Crippen molar-refractivity contribution < 1.29 is 19.1 Å². The third kappa shape index (κ3) is 4.85. The van der Waals surface area contributed by atoms with E-state index in [0.29, 0.717) is 13.2 Å². The first-order valence-electron chi connectivity index (χ1n) is 7.51. The van der Waals surface area contributed by atoms with E-state index in [-0.39, 0.29) is 25.2 Å². The Balaban J connectivity index is 2.09. The van der Waals surface area contributed by atoms with E-state index in [0.717, 1.165) is 5.56 Å². The number of ether oxygens (including phenoxy) is 2. The highest BCUT2D eigenvalue weighted by Gasteiger charge is 2.40. The summed E-state index contributed by atoms with van der Waals surface area (Å²) in [5.74, 6) is -1.01. The molecule has 1 amide bonds. The summed E-state index contributed by atoms with van der Waals surface area (Å²) in [4.78, 5) is 35.0. The van der Waals surface area contributed by atoms with Crippen LogP contribution in [0.25, 0.3) is 0 Å². The molecule has 1 aromatic rings. The predicted octanol–water partition coefficient (Wildman–Crippen LogP) is 1.55. The molecule has 1 aliphatic rings. The van der Waals surface area contributed by atoms with Crippen molar-refractivity contribution in [1.29, 1.82) is 0 Å². The second kappa shape index (κ2) is 7.82. The Kier molecular flexibility index (Phi) is 5.81. The second-order valence-corrected chi connectivity index (χ2v) is 5.51. The number of nitroso groups, excluding NO2 is 1. The van der Waals surface area contributed by atoms with Crippen molar-refractivity contribution in [1.82, 2.24) is 5.32 Å². The van der Waals surface area contributed by atoms with Crippen LogP contribution in [0.5, 0.6) is 0 Å². The Labute approximate surface area is 134 Å². The highest BCUT2D eigenvalue weighted by atomic mass is 16.6. The highest BCUT2D eigenvalue weighted by Crippen LogP contribution is 2.27. The first kappa shape index (κ1) is 17.1. The molecule has 7 heteroatoms. The van der Waals surface area contributed by atoms with E-state index in [4.69, 9.17) is 9.47 Å². The zero-order chi connectivity index (χ0) is 16.7. The van der Waals surface area contributed by atoms with Gasteiger partial charge in [-0.1, -0.05) is 30.3 Å². The van der Waals surface area contributed by atoms with Gasteiger partial charge in [-0.05, 0) is 10.7 Å². The summed E-state index contributed by atoms with van der Waals surface area (Å²) < 4.78 is 10.5. The molecule has 1 aromatic carbocycles. The number of carbonyl (C=O) groups is 2. The smallest absolute Gasteiger partial charge is 0.331 e. The molecule has 0 aromatic heterocycles. The predicted molar refractivity (Wildman–Crippen MR) is 82.4 cm³/mol. The molecule has 0 radical (unpaired) electrons. The lowest BCUT2D eigenvalue weighted by molar-refractivity contribution is -0.171. The van der Waals surface area contributed by atoms with E-state index < -0.39 is 17.7 Å². The van der Waals surface area contributed by atoms with Crippen LogP contribution in [0.3, 0.4) is 0 Å². The van der Waals surface area contributed by atoms with Gasteiger partial charge in [-0.15, -0.1) is 4.91 Å². The topological polar surface area (TPSA) is 94.1 Å². The van der Waals surface area contributed by atoms with Crippen molar-refractivity contribution in [3.8, 4) is 0 Å². The zero-order valence-corrected chi connectivity index (χ0v) is 13.0. The van der Waals surface area contributed by atoms with E-state index in [1.54, 1.807) is 0 Å². The van der Waals surface area contributed by atoms with Crippen LogP contribution in [0, 0.1) is 4.91 Å². The number of esters is 1. The molecule has 1 N–H and O–H groups in total. The lowest BCUT2D eigenvalue weighted by Crippen LogP contribution is -2.47. The van der Waals surface area contributed by atoms with Crippen molar-refractivity contribution in [3.63, 3.8) is 0 Å².